The minimum Gasteiger partial charge on any atom is -0.376 e. The first-order valence-corrected chi connectivity index (χ1v) is 8.34. The molecule has 2 nitrogen and oxygen atoms in total. The van der Waals surface area contributed by atoms with Crippen molar-refractivity contribution in [3.63, 3.8) is 0 Å². The first-order chi connectivity index (χ1) is 9.87. The van der Waals surface area contributed by atoms with Crippen LogP contribution in [0.15, 0.2) is 24.3 Å². The molecule has 0 spiro atoms. The fourth-order valence-corrected chi connectivity index (χ4v) is 3.00. The molecule has 0 radical (unpaired) electrons. The van der Waals surface area contributed by atoms with E-state index in [0.29, 0.717) is 24.0 Å². The molecule has 1 saturated carbocycles. The maximum Gasteiger partial charge on any atom is 0.0663 e. The van der Waals surface area contributed by atoms with E-state index in [1.807, 2.05) is 0 Å². The second-order valence-electron chi connectivity index (χ2n) is 7.62. The SMILES string of the molecule is CC(C)c1ccc(C(N)COC2CCC(C)(C)CC2)cc1. The Bertz CT molecular complexity index is 425. The maximum atomic E-state index is 6.27. The average molecular weight is 289 g/mol. The number of ether oxygens (including phenoxy) is 1. The highest BCUT2D eigenvalue weighted by atomic mass is 16.5. The third-order valence-electron chi connectivity index (χ3n) is 4.83. The summed E-state index contributed by atoms with van der Waals surface area (Å²) in [5.74, 6) is 0.567. The second-order valence-corrected chi connectivity index (χ2v) is 7.62. The van der Waals surface area contributed by atoms with E-state index < -0.39 is 0 Å². The van der Waals surface area contributed by atoms with Crippen LogP contribution in [0.5, 0.6) is 0 Å². The molecule has 1 aromatic carbocycles. The van der Waals surface area contributed by atoms with E-state index in [4.69, 9.17) is 10.5 Å². The summed E-state index contributed by atoms with van der Waals surface area (Å²) in [6, 6.07) is 8.65. The summed E-state index contributed by atoms with van der Waals surface area (Å²) >= 11 is 0. The van der Waals surface area contributed by atoms with Crippen molar-refractivity contribution in [3.05, 3.63) is 35.4 Å². The van der Waals surface area contributed by atoms with Gasteiger partial charge < -0.3 is 10.5 Å². The molecule has 2 heteroatoms. The van der Waals surface area contributed by atoms with Crippen LogP contribution in [-0.4, -0.2) is 12.7 Å². The molecule has 118 valence electrons. The van der Waals surface area contributed by atoms with Crippen molar-refractivity contribution in [2.24, 2.45) is 11.1 Å². The molecule has 0 aliphatic heterocycles. The fourth-order valence-electron chi connectivity index (χ4n) is 3.00. The topological polar surface area (TPSA) is 35.2 Å². The van der Waals surface area contributed by atoms with Gasteiger partial charge in [0.05, 0.1) is 18.8 Å². The Kier molecular flexibility index (Phi) is 5.45. The third kappa shape index (κ3) is 4.82. The summed E-state index contributed by atoms with van der Waals surface area (Å²) in [6.45, 7) is 9.76. The second kappa shape index (κ2) is 6.93. The van der Waals surface area contributed by atoms with Crippen LogP contribution in [0.3, 0.4) is 0 Å². The van der Waals surface area contributed by atoms with Gasteiger partial charge in [0.1, 0.15) is 0 Å². The lowest BCUT2D eigenvalue weighted by molar-refractivity contribution is -0.00184. The molecule has 1 aliphatic rings. The molecule has 21 heavy (non-hydrogen) atoms. The molecule has 0 bridgehead atoms. The van der Waals surface area contributed by atoms with E-state index in [9.17, 15) is 0 Å². The van der Waals surface area contributed by atoms with Crippen LogP contribution in [0.25, 0.3) is 0 Å². The van der Waals surface area contributed by atoms with E-state index in [1.165, 1.54) is 36.8 Å². The quantitative estimate of drug-likeness (QED) is 0.845. The molecule has 0 saturated heterocycles. The molecule has 0 heterocycles. The molecule has 0 amide bonds. The van der Waals surface area contributed by atoms with E-state index in [-0.39, 0.29) is 6.04 Å². The monoisotopic (exact) mass is 289 g/mol. The normalized spacial score (nSPS) is 20.7. The van der Waals surface area contributed by atoms with Crippen molar-refractivity contribution in [1.29, 1.82) is 0 Å². The molecule has 0 aromatic heterocycles. The zero-order chi connectivity index (χ0) is 15.5. The van der Waals surface area contributed by atoms with Crippen LogP contribution >= 0.6 is 0 Å². The predicted molar refractivity (Wildman–Crippen MR) is 89.4 cm³/mol. The lowest BCUT2D eigenvalue weighted by Crippen LogP contribution is -2.29. The Morgan fingerprint density at radius 2 is 1.62 bits per heavy atom. The Morgan fingerprint density at radius 1 is 1.10 bits per heavy atom. The lowest BCUT2D eigenvalue weighted by Gasteiger charge is -2.34. The summed E-state index contributed by atoms with van der Waals surface area (Å²) in [4.78, 5) is 0. The molecular formula is C19H31NO. The van der Waals surface area contributed by atoms with Gasteiger partial charge in [0, 0.05) is 0 Å². The number of benzene rings is 1. The molecule has 1 atom stereocenters. The number of hydrogen-bond donors (Lipinski definition) is 1. The minimum atomic E-state index is -0.0128. The summed E-state index contributed by atoms with van der Waals surface area (Å²) < 4.78 is 6.05. The highest BCUT2D eigenvalue weighted by Gasteiger charge is 2.27. The van der Waals surface area contributed by atoms with Crippen LogP contribution < -0.4 is 5.73 Å². The zero-order valence-electron chi connectivity index (χ0n) is 14.1. The lowest BCUT2D eigenvalue weighted by atomic mass is 9.76. The van der Waals surface area contributed by atoms with Crippen LogP contribution in [0.2, 0.25) is 0 Å². The summed E-state index contributed by atoms with van der Waals surface area (Å²) in [7, 11) is 0. The summed E-state index contributed by atoms with van der Waals surface area (Å²) in [5.41, 5.74) is 9.30. The third-order valence-corrected chi connectivity index (χ3v) is 4.83. The van der Waals surface area contributed by atoms with E-state index in [2.05, 4.69) is 52.0 Å². The van der Waals surface area contributed by atoms with Crippen molar-refractivity contribution < 1.29 is 4.74 Å². The van der Waals surface area contributed by atoms with Crippen molar-refractivity contribution in [3.8, 4) is 0 Å². The van der Waals surface area contributed by atoms with Crippen molar-refractivity contribution in [2.75, 3.05) is 6.61 Å². The van der Waals surface area contributed by atoms with Crippen molar-refractivity contribution in [2.45, 2.75) is 71.4 Å². The molecule has 1 aromatic rings. The highest BCUT2D eigenvalue weighted by Crippen LogP contribution is 2.36. The predicted octanol–water partition coefficient (Wildman–Crippen LogP) is 4.80. The van der Waals surface area contributed by atoms with Gasteiger partial charge in [-0.05, 0) is 48.1 Å². The first kappa shape index (κ1) is 16.5. The van der Waals surface area contributed by atoms with Gasteiger partial charge in [-0.25, -0.2) is 0 Å². The Morgan fingerprint density at radius 3 is 2.14 bits per heavy atom. The van der Waals surface area contributed by atoms with E-state index in [1.54, 1.807) is 0 Å². The first-order valence-electron chi connectivity index (χ1n) is 8.34. The minimum absolute atomic E-state index is 0.0128. The molecule has 1 unspecified atom stereocenters. The number of rotatable bonds is 5. The Balaban J connectivity index is 1.80. The maximum absolute atomic E-state index is 6.27. The van der Waals surface area contributed by atoms with E-state index in [0.717, 1.165) is 0 Å². The highest BCUT2D eigenvalue weighted by molar-refractivity contribution is 5.26. The summed E-state index contributed by atoms with van der Waals surface area (Å²) in [5, 5.41) is 0. The number of nitrogens with two attached hydrogens (primary N) is 1. The van der Waals surface area contributed by atoms with Gasteiger partial charge in [-0.3, -0.25) is 0 Å². The van der Waals surface area contributed by atoms with Gasteiger partial charge >= 0.3 is 0 Å². The van der Waals surface area contributed by atoms with Gasteiger partial charge in [-0.2, -0.15) is 0 Å². The molecule has 2 rings (SSSR count). The fraction of sp³-hybridized carbons (Fsp3) is 0.684. The molecular weight excluding hydrogens is 258 g/mol. The molecule has 1 aliphatic carbocycles. The van der Waals surface area contributed by atoms with Crippen LogP contribution in [-0.2, 0) is 4.74 Å². The average Bonchev–Trinajstić information content (AvgIpc) is 2.46. The van der Waals surface area contributed by atoms with Crippen LogP contribution in [0.1, 0.15) is 76.5 Å². The largest absolute Gasteiger partial charge is 0.376 e. The van der Waals surface area contributed by atoms with Crippen LogP contribution in [0.4, 0.5) is 0 Å². The van der Waals surface area contributed by atoms with Crippen LogP contribution in [0, 0.1) is 5.41 Å². The van der Waals surface area contributed by atoms with Gasteiger partial charge in [-0.1, -0.05) is 52.0 Å². The molecule has 1 fully saturated rings. The van der Waals surface area contributed by atoms with Crippen molar-refractivity contribution >= 4 is 0 Å². The zero-order valence-corrected chi connectivity index (χ0v) is 14.1. The Labute approximate surface area is 130 Å². The Hall–Kier alpha value is -0.860. The van der Waals surface area contributed by atoms with Crippen molar-refractivity contribution in [1.82, 2.24) is 0 Å². The van der Waals surface area contributed by atoms with Gasteiger partial charge in [-0.15, -0.1) is 0 Å². The van der Waals surface area contributed by atoms with Gasteiger partial charge in [0.25, 0.3) is 0 Å². The smallest absolute Gasteiger partial charge is 0.0663 e. The summed E-state index contributed by atoms with van der Waals surface area (Å²) in [6.07, 6.45) is 5.27. The van der Waals surface area contributed by atoms with E-state index >= 15 is 0 Å². The molecule has 2 N–H and O–H groups in total. The standard InChI is InChI=1S/C19H31NO/c1-14(2)15-5-7-16(8-6-15)18(20)13-21-17-9-11-19(3,4)12-10-17/h5-8,14,17-18H,9-13,20H2,1-4H3. The number of hydrogen-bond acceptors (Lipinski definition) is 2. The van der Waals surface area contributed by atoms with Gasteiger partial charge in [0.15, 0.2) is 0 Å². The van der Waals surface area contributed by atoms with Gasteiger partial charge in [0.2, 0.25) is 0 Å².